The molecule has 0 aromatic carbocycles. The Balaban J connectivity index is 2.42. The maximum Gasteiger partial charge on any atom is 0.267 e. The number of fused-ring (bicyclic) bond motifs is 1. The molecule has 2 aromatic heterocycles. The van der Waals surface area contributed by atoms with Crippen molar-refractivity contribution in [2.45, 2.75) is 33.2 Å². The van der Waals surface area contributed by atoms with Crippen LogP contribution in [0.25, 0.3) is 10.2 Å². The van der Waals surface area contributed by atoms with Crippen molar-refractivity contribution in [3.63, 3.8) is 0 Å². The maximum absolute atomic E-state index is 12.1. The topological polar surface area (TPSA) is 34.0 Å². The molecule has 1 N–H and O–H groups in total. The van der Waals surface area contributed by atoms with Gasteiger partial charge in [0.15, 0.2) is 0 Å². The molecule has 0 aliphatic carbocycles. The van der Waals surface area contributed by atoms with E-state index in [0.29, 0.717) is 0 Å². The first kappa shape index (κ1) is 13.6. The van der Waals surface area contributed by atoms with Gasteiger partial charge in [0, 0.05) is 18.5 Å². The molecule has 0 bridgehead atoms. The number of hydrogen-bond donors (Lipinski definition) is 1. The van der Waals surface area contributed by atoms with Crippen LogP contribution in [0.15, 0.2) is 15.9 Å². The van der Waals surface area contributed by atoms with Crippen molar-refractivity contribution in [1.29, 1.82) is 0 Å². The molecule has 1 amide bonds. The highest BCUT2D eigenvalue weighted by atomic mass is 79.9. The normalized spacial score (nSPS) is 11.1. The molecular formula is C13H17BrN2OS. The van der Waals surface area contributed by atoms with Crippen molar-refractivity contribution in [2.24, 2.45) is 0 Å². The molecule has 0 unspecified atom stereocenters. The van der Waals surface area contributed by atoms with Gasteiger partial charge in [0.25, 0.3) is 5.91 Å². The Hall–Kier alpha value is -0.810. The molecule has 2 heterocycles. The van der Waals surface area contributed by atoms with Crippen LogP contribution in [0, 0.1) is 0 Å². The van der Waals surface area contributed by atoms with E-state index in [-0.39, 0.29) is 5.91 Å². The first-order chi connectivity index (χ1) is 8.69. The molecule has 0 saturated carbocycles. The fourth-order valence-electron chi connectivity index (χ4n) is 2.00. The van der Waals surface area contributed by atoms with Gasteiger partial charge in [-0.2, -0.15) is 0 Å². The van der Waals surface area contributed by atoms with Gasteiger partial charge in [-0.05, 0) is 34.8 Å². The van der Waals surface area contributed by atoms with E-state index >= 15 is 0 Å². The van der Waals surface area contributed by atoms with Crippen LogP contribution in [0.1, 0.15) is 37.2 Å². The lowest BCUT2D eigenvalue weighted by molar-refractivity contribution is 0.0944. The van der Waals surface area contributed by atoms with Crippen LogP contribution in [0.5, 0.6) is 0 Å². The van der Waals surface area contributed by atoms with E-state index in [2.05, 4.69) is 45.0 Å². The number of aromatic nitrogens is 1. The van der Waals surface area contributed by atoms with Crippen molar-refractivity contribution < 1.29 is 4.79 Å². The zero-order valence-electron chi connectivity index (χ0n) is 10.6. The van der Waals surface area contributed by atoms with E-state index in [4.69, 9.17) is 0 Å². The van der Waals surface area contributed by atoms with Crippen LogP contribution < -0.4 is 5.32 Å². The third-order valence-corrected chi connectivity index (χ3v) is 4.62. The third-order valence-electron chi connectivity index (χ3n) is 2.79. The number of hydrogen-bond acceptors (Lipinski definition) is 2. The number of aryl methyl sites for hydroxylation is 1. The molecule has 2 aromatic rings. The highest BCUT2D eigenvalue weighted by Crippen LogP contribution is 2.33. The smallest absolute Gasteiger partial charge is 0.267 e. The fourth-order valence-corrected chi connectivity index (χ4v) is 3.70. The van der Waals surface area contributed by atoms with Crippen LogP contribution in [0.3, 0.4) is 0 Å². The standard InChI is InChI=1S/C13H17BrN2OS/c1-3-5-15-13(17)10-7-11-12(9(14)8-18-11)16(10)6-4-2/h7-8H,3-6H2,1-2H3,(H,15,17). The minimum atomic E-state index is 0.0283. The Labute approximate surface area is 119 Å². The Kier molecular flexibility index (Phi) is 4.45. The molecule has 0 radical (unpaired) electrons. The Morgan fingerprint density at radius 2 is 2.22 bits per heavy atom. The number of carbonyl (C=O) groups is 1. The lowest BCUT2D eigenvalue weighted by Crippen LogP contribution is -2.26. The predicted octanol–water partition coefficient (Wildman–Crippen LogP) is 4.02. The number of carbonyl (C=O) groups excluding carboxylic acids is 1. The predicted molar refractivity (Wildman–Crippen MR) is 80.4 cm³/mol. The Morgan fingerprint density at radius 3 is 2.89 bits per heavy atom. The second-order valence-corrected chi connectivity index (χ2v) is 6.00. The molecule has 2 rings (SSSR count). The van der Waals surface area contributed by atoms with Crippen molar-refractivity contribution in [3.8, 4) is 0 Å². The quantitative estimate of drug-likeness (QED) is 0.883. The van der Waals surface area contributed by atoms with Crippen LogP contribution in [0.4, 0.5) is 0 Å². The summed E-state index contributed by atoms with van der Waals surface area (Å²) in [4.78, 5) is 12.1. The van der Waals surface area contributed by atoms with Crippen molar-refractivity contribution in [1.82, 2.24) is 9.88 Å². The van der Waals surface area contributed by atoms with Gasteiger partial charge in [0.1, 0.15) is 5.69 Å². The van der Waals surface area contributed by atoms with Crippen LogP contribution in [-0.4, -0.2) is 17.0 Å². The maximum atomic E-state index is 12.1. The molecule has 0 saturated heterocycles. The number of rotatable bonds is 5. The van der Waals surface area contributed by atoms with Crippen LogP contribution >= 0.6 is 27.3 Å². The summed E-state index contributed by atoms with van der Waals surface area (Å²) in [6.07, 6.45) is 1.97. The summed E-state index contributed by atoms with van der Waals surface area (Å²) in [6, 6.07) is 1.99. The average molecular weight is 329 g/mol. The zero-order valence-corrected chi connectivity index (χ0v) is 13.0. The first-order valence-electron chi connectivity index (χ1n) is 6.23. The highest BCUT2D eigenvalue weighted by Gasteiger charge is 2.17. The molecule has 0 atom stereocenters. The second kappa shape index (κ2) is 5.89. The summed E-state index contributed by atoms with van der Waals surface area (Å²) < 4.78 is 4.35. The SMILES string of the molecule is CCCNC(=O)c1cc2scc(Br)c2n1CCC. The lowest BCUT2D eigenvalue weighted by Gasteiger charge is -2.09. The van der Waals surface area contributed by atoms with E-state index in [9.17, 15) is 4.79 Å². The van der Waals surface area contributed by atoms with Gasteiger partial charge in [-0.1, -0.05) is 13.8 Å². The minimum absolute atomic E-state index is 0.0283. The molecule has 0 aliphatic heterocycles. The molecule has 5 heteroatoms. The van der Waals surface area contributed by atoms with Gasteiger partial charge in [0.05, 0.1) is 14.7 Å². The minimum Gasteiger partial charge on any atom is -0.351 e. The molecule has 98 valence electrons. The van der Waals surface area contributed by atoms with Crippen molar-refractivity contribution in [3.05, 3.63) is 21.6 Å². The summed E-state index contributed by atoms with van der Waals surface area (Å²) in [5.41, 5.74) is 1.91. The van der Waals surface area contributed by atoms with E-state index in [1.54, 1.807) is 11.3 Å². The number of nitrogens with one attached hydrogen (secondary N) is 1. The van der Waals surface area contributed by atoms with Crippen molar-refractivity contribution >= 4 is 43.4 Å². The summed E-state index contributed by atoms with van der Waals surface area (Å²) in [5, 5.41) is 5.02. The number of amides is 1. The van der Waals surface area contributed by atoms with E-state index in [1.807, 2.05) is 6.07 Å². The molecule has 3 nitrogen and oxygen atoms in total. The molecule has 0 spiro atoms. The summed E-state index contributed by atoms with van der Waals surface area (Å²) in [5.74, 6) is 0.0283. The second-order valence-electron chi connectivity index (χ2n) is 4.23. The average Bonchev–Trinajstić information content (AvgIpc) is 2.89. The van der Waals surface area contributed by atoms with Crippen LogP contribution in [0.2, 0.25) is 0 Å². The van der Waals surface area contributed by atoms with E-state index in [1.165, 1.54) is 0 Å². The third kappa shape index (κ3) is 2.47. The van der Waals surface area contributed by atoms with Crippen molar-refractivity contribution in [2.75, 3.05) is 6.54 Å². The van der Waals surface area contributed by atoms with Gasteiger partial charge in [-0.3, -0.25) is 4.79 Å². The molecular weight excluding hydrogens is 312 g/mol. The Morgan fingerprint density at radius 1 is 1.44 bits per heavy atom. The molecule has 0 fully saturated rings. The largest absolute Gasteiger partial charge is 0.351 e. The molecule has 18 heavy (non-hydrogen) atoms. The van der Waals surface area contributed by atoms with E-state index in [0.717, 1.165) is 46.3 Å². The number of nitrogens with zero attached hydrogens (tertiary/aromatic N) is 1. The van der Waals surface area contributed by atoms with Gasteiger partial charge in [0.2, 0.25) is 0 Å². The highest BCUT2D eigenvalue weighted by molar-refractivity contribution is 9.10. The first-order valence-corrected chi connectivity index (χ1v) is 7.90. The summed E-state index contributed by atoms with van der Waals surface area (Å²) >= 11 is 5.23. The Bertz CT molecular complexity index is 559. The summed E-state index contributed by atoms with van der Waals surface area (Å²) in [7, 11) is 0. The van der Waals surface area contributed by atoms with Gasteiger partial charge in [-0.25, -0.2) is 0 Å². The lowest BCUT2D eigenvalue weighted by atomic mass is 10.3. The molecule has 0 aliphatic rings. The van der Waals surface area contributed by atoms with Crippen LogP contribution in [-0.2, 0) is 6.54 Å². The fraction of sp³-hybridized carbons (Fsp3) is 0.462. The summed E-state index contributed by atoms with van der Waals surface area (Å²) in [6.45, 7) is 5.78. The van der Waals surface area contributed by atoms with E-state index < -0.39 is 0 Å². The van der Waals surface area contributed by atoms with Gasteiger partial charge < -0.3 is 9.88 Å². The monoisotopic (exact) mass is 328 g/mol. The zero-order chi connectivity index (χ0) is 13.1. The van der Waals surface area contributed by atoms with Gasteiger partial charge >= 0.3 is 0 Å². The number of halogens is 1. The number of thiophene rings is 1. The van der Waals surface area contributed by atoms with Gasteiger partial charge in [-0.15, -0.1) is 11.3 Å².